The van der Waals surface area contributed by atoms with Gasteiger partial charge in [0.1, 0.15) is 5.75 Å². The summed E-state index contributed by atoms with van der Waals surface area (Å²) < 4.78 is 5.81. The van der Waals surface area contributed by atoms with Crippen molar-refractivity contribution in [1.29, 1.82) is 0 Å². The fraction of sp³-hybridized carbons (Fsp3) is 0.647. The van der Waals surface area contributed by atoms with Crippen molar-refractivity contribution in [2.75, 3.05) is 18.6 Å². The Morgan fingerprint density at radius 3 is 2.70 bits per heavy atom. The van der Waals surface area contributed by atoms with Crippen molar-refractivity contribution in [3.05, 3.63) is 29.8 Å². The van der Waals surface area contributed by atoms with Crippen LogP contribution >= 0.6 is 11.8 Å². The molecule has 0 bridgehead atoms. The van der Waals surface area contributed by atoms with Crippen LogP contribution < -0.4 is 10.1 Å². The highest BCUT2D eigenvalue weighted by Crippen LogP contribution is 2.31. The second-order valence-electron chi connectivity index (χ2n) is 5.87. The van der Waals surface area contributed by atoms with Gasteiger partial charge in [-0.15, -0.1) is 0 Å². The number of thioether (sulfide) groups is 1. The van der Waals surface area contributed by atoms with Crippen LogP contribution in [-0.4, -0.2) is 24.7 Å². The van der Waals surface area contributed by atoms with Crippen LogP contribution in [0.4, 0.5) is 0 Å². The molecule has 2 rings (SSSR count). The summed E-state index contributed by atoms with van der Waals surface area (Å²) in [6, 6.07) is 9.01. The van der Waals surface area contributed by atoms with Crippen LogP contribution in [0.15, 0.2) is 24.3 Å². The molecule has 0 radical (unpaired) electrons. The molecular weight excluding hydrogens is 266 g/mol. The fourth-order valence-corrected chi connectivity index (χ4v) is 4.02. The molecule has 1 aliphatic rings. The molecule has 1 aromatic carbocycles. The molecule has 2 nitrogen and oxygen atoms in total. The molecule has 0 amide bonds. The van der Waals surface area contributed by atoms with Gasteiger partial charge < -0.3 is 10.1 Å². The van der Waals surface area contributed by atoms with Crippen molar-refractivity contribution in [3.8, 4) is 5.75 Å². The Morgan fingerprint density at radius 1 is 1.30 bits per heavy atom. The summed E-state index contributed by atoms with van der Waals surface area (Å²) in [7, 11) is 2.07. The molecule has 20 heavy (non-hydrogen) atoms. The first kappa shape index (κ1) is 15.7. The van der Waals surface area contributed by atoms with Gasteiger partial charge in [0.15, 0.2) is 0 Å². The highest BCUT2D eigenvalue weighted by Gasteiger charge is 2.19. The molecule has 0 spiro atoms. The topological polar surface area (TPSA) is 21.3 Å². The van der Waals surface area contributed by atoms with Crippen LogP contribution in [0, 0.1) is 5.92 Å². The Morgan fingerprint density at radius 2 is 2.05 bits per heavy atom. The number of benzene rings is 1. The average molecular weight is 293 g/mol. The second-order valence-corrected chi connectivity index (χ2v) is 7.10. The van der Waals surface area contributed by atoms with E-state index in [4.69, 9.17) is 4.74 Å². The first-order valence-corrected chi connectivity index (χ1v) is 8.86. The van der Waals surface area contributed by atoms with Crippen molar-refractivity contribution in [1.82, 2.24) is 5.32 Å². The van der Waals surface area contributed by atoms with Gasteiger partial charge in [-0.2, -0.15) is 11.8 Å². The van der Waals surface area contributed by atoms with E-state index in [1.807, 2.05) is 6.07 Å². The van der Waals surface area contributed by atoms with Gasteiger partial charge in [-0.1, -0.05) is 12.1 Å². The quantitative estimate of drug-likeness (QED) is 0.846. The Hall–Kier alpha value is -0.670. The standard InChI is InChI=1S/C17H27NOS/c1-13(2)19-16-6-4-5-15(12-16)17(18-3)11-14-7-9-20-10-8-14/h4-6,12-14,17-18H,7-11H2,1-3H3. The van der Waals surface area contributed by atoms with E-state index in [1.165, 1.54) is 36.3 Å². The molecule has 1 fully saturated rings. The van der Waals surface area contributed by atoms with Gasteiger partial charge in [0.25, 0.3) is 0 Å². The zero-order valence-corrected chi connectivity index (χ0v) is 13.7. The van der Waals surface area contributed by atoms with Gasteiger partial charge in [0.05, 0.1) is 6.10 Å². The fourth-order valence-electron chi connectivity index (χ4n) is 2.81. The molecule has 1 atom stereocenters. The van der Waals surface area contributed by atoms with Gasteiger partial charge in [0.2, 0.25) is 0 Å². The normalized spacial score (nSPS) is 18.2. The van der Waals surface area contributed by atoms with E-state index in [-0.39, 0.29) is 6.10 Å². The summed E-state index contributed by atoms with van der Waals surface area (Å²) in [5.74, 6) is 4.51. The Bertz CT molecular complexity index is 402. The van der Waals surface area contributed by atoms with Crippen LogP contribution in [0.1, 0.15) is 44.7 Å². The van der Waals surface area contributed by atoms with Gasteiger partial charge in [0, 0.05) is 6.04 Å². The van der Waals surface area contributed by atoms with Gasteiger partial charge >= 0.3 is 0 Å². The van der Waals surface area contributed by atoms with Crippen molar-refractivity contribution in [3.63, 3.8) is 0 Å². The maximum Gasteiger partial charge on any atom is 0.120 e. The van der Waals surface area contributed by atoms with Crippen molar-refractivity contribution < 1.29 is 4.74 Å². The number of hydrogen-bond acceptors (Lipinski definition) is 3. The van der Waals surface area contributed by atoms with Crippen LogP contribution in [-0.2, 0) is 0 Å². The predicted octanol–water partition coefficient (Wildman–Crippen LogP) is 4.27. The van der Waals surface area contributed by atoms with E-state index in [9.17, 15) is 0 Å². The zero-order chi connectivity index (χ0) is 14.4. The van der Waals surface area contributed by atoms with Crippen LogP contribution in [0.25, 0.3) is 0 Å². The average Bonchev–Trinajstić information content (AvgIpc) is 2.45. The molecule has 1 aromatic rings. The number of ether oxygens (including phenoxy) is 1. The van der Waals surface area contributed by atoms with Crippen LogP contribution in [0.5, 0.6) is 5.75 Å². The first-order chi connectivity index (χ1) is 9.69. The van der Waals surface area contributed by atoms with E-state index < -0.39 is 0 Å². The maximum atomic E-state index is 5.81. The molecule has 1 aliphatic heterocycles. The highest BCUT2D eigenvalue weighted by atomic mass is 32.2. The number of hydrogen-bond donors (Lipinski definition) is 1. The predicted molar refractivity (Wildman–Crippen MR) is 88.7 cm³/mol. The number of nitrogens with one attached hydrogen (secondary N) is 1. The van der Waals surface area contributed by atoms with Crippen molar-refractivity contribution in [2.45, 2.75) is 45.3 Å². The lowest BCUT2D eigenvalue weighted by Crippen LogP contribution is -2.22. The molecule has 0 aromatic heterocycles. The van der Waals surface area contributed by atoms with E-state index in [2.05, 4.69) is 56.2 Å². The monoisotopic (exact) mass is 293 g/mol. The zero-order valence-electron chi connectivity index (χ0n) is 12.9. The maximum absolute atomic E-state index is 5.81. The third-order valence-corrected chi connectivity index (χ3v) is 4.94. The summed E-state index contributed by atoms with van der Waals surface area (Å²) >= 11 is 2.10. The Labute approximate surface area is 127 Å². The van der Waals surface area contributed by atoms with E-state index in [0.29, 0.717) is 6.04 Å². The molecule has 1 N–H and O–H groups in total. The van der Waals surface area contributed by atoms with Crippen molar-refractivity contribution >= 4 is 11.8 Å². The second kappa shape index (κ2) is 7.94. The summed E-state index contributed by atoms with van der Waals surface area (Å²) in [5.41, 5.74) is 1.35. The Kier molecular flexibility index (Phi) is 6.24. The lowest BCUT2D eigenvalue weighted by Gasteiger charge is -2.26. The third kappa shape index (κ3) is 4.71. The molecule has 0 aliphatic carbocycles. The molecule has 1 heterocycles. The minimum Gasteiger partial charge on any atom is -0.491 e. The van der Waals surface area contributed by atoms with Crippen LogP contribution in [0.3, 0.4) is 0 Å². The molecule has 1 saturated heterocycles. The van der Waals surface area contributed by atoms with E-state index in [0.717, 1.165) is 11.7 Å². The van der Waals surface area contributed by atoms with Gasteiger partial charge in [-0.3, -0.25) is 0 Å². The lowest BCUT2D eigenvalue weighted by atomic mass is 9.91. The highest BCUT2D eigenvalue weighted by molar-refractivity contribution is 7.99. The van der Waals surface area contributed by atoms with Gasteiger partial charge in [-0.25, -0.2) is 0 Å². The molecule has 112 valence electrons. The molecule has 1 unspecified atom stereocenters. The minimum atomic E-state index is 0.230. The lowest BCUT2D eigenvalue weighted by molar-refractivity contribution is 0.242. The third-order valence-electron chi connectivity index (χ3n) is 3.89. The minimum absolute atomic E-state index is 0.230. The van der Waals surface area contributed by atoms with E-state index >= 15 is 0 Å². The molecular formula is C17H27NOS. The smallest absolute Gasteiger partial charge is 0.120 e. The molecule has 3 heteroatoms. The first-order valence-electron chi connectivity index (χ1n) is 7.70. The summed E-state index contributed by atoms with van der Waals surface area (Å²) in [4.78, 5) is 0. The number of rotatable bonds is 6. The summed E-state index contributed by atoms with van der Waals surface area (Å²) in [6.45, 7) is 4.14. The van der Waals surface area contributed by atoms with Crippen molar-refractivity contribution in [2.24, 2.45) is 5.92 Å². The van der Waals surface area contributed by atoms with Gasteiger partial charge in [-0.05, 0) is 75.3 Å². The summed E-state index contributed by atoms with van der Waals surface area (Å²) in [6.07, 6.45) is 4.20. The SMILES string of the molecule is CNC(CC1CCSCC1)c1cccc(OC(C)C)c1. The van der Waals surface area contributed by atoms with Crippen LogP contribution in [0.2, 0.25) is 0 Å². The summed E-state index contributed by atoms with van der Waals surface area (Å²) in [5, 5.41) is 3.48. The van der Waals surface area contributed by atoms with E-state index in [1.54, 1.807) is 0 Å². The Balaban J connectivity index is 2.02. The molecule has 0 saturated carbocycles. The largest absolute Gasteiger partial charge is 0.491 e.